The summed E-state index contributed by atoms with van der Waals surface area (Å²) in [6.45, 7) is 11.8. The minimum absolute atomic E-state index is 0.166. The number of likely N-dealkylation sites (N-methyl/N-ethyl adjacent to an activating group) is 2. The molecule has 104 valence electrons. The number of aliphatic hydroxyl groups excluding tert-OH is 1. The number of hydrogen-bond donors (Lipinski definition) is 2. The van der Waals surface area contributed by atoms with Crippen LogP contribution >= 0.6 is 0 Å². The van der Waals surface area contributed by atoms with Gasteiger partial charge in [0, 0.05) is 31.2 Å². The fourth-order valence-corrected chi connectivity index (χ4v) is 2.18. The van der Waals surface area contributed by atoms with Gasteiger partial charge < -0.3 is 15.3 Å². The van der Waals surface area contributed by atoms with E-state index in [1.807, 2.05) is 0 Å². The van der Waals surface area contributed by atoms with Crippen molar-refractivity contribution in [1.29, 1.82) is 0 Å². The second kappa shape index (κ2) is 8.86. The number of nitrogens with zero attached hydrogens (tertiary/aromatic N) is 2. The van der Waals surface area contributed by atoms with Gasteiger partial charge in [-0.1, -0.05) is 20.8 Å². The van der Waals surface area contributed by atoms with Gasteiger partial charge in [0.2, 0.25) is 0 Å². The molecule has 4 heteroatoms. The Morgan fingerprint density at radius 3 is 2.06 bits per heavy atom. The first-order valence-electron chi connectivity index (χ1n) is 6.66. The Morgan fingerprint density at radius 1 is 1.12 bits per heavy atom. The molecule has 0 aliphatic heterocycles. The highest BCUT2D eigenvalue weighted by Gasteiger charge is 2.18. The van der Waals surface area contributed by atoms with Crippen molar-refractivity contribution in [2.75, 3.05) is 40.3 Å². The first kappa shape index (κ1) is 16.8. The van der Waals surface area contributed by atoms with Crippen LogP contribution in [0.4, 0.5) is 0 Å². The lowest BCUT2D eigenvalue weighted by Gasteiger charge is -2.33. The first-order chi connectivity index (χ1) is 7.90. The van der Waals surface area contributed by atoms with Crippen LogP contribution in [0.3, 0.4) is 0 Å². The van der Waals surface area contributed by atoms with E-state index < -0.39 is 0 Å². The second-order valence-corrected chi connectivity index (χ2v) is 5.40. The molecule has 0 saturated heterocycles. The number of aliphatic hydroxyl groups is 1. The molecular formula is C13H31N3O. The van der Waals surface area contributed by atoms with Gasteiger partial charge in [0.05, 0.1) is 6.61 Å². The van der Waals surface area contributed by atoms with E-state index in [2.05, 4.69) is 56.9 Å². The van der Waals surface area contributed by atoms with Crippen molar-refractivity contribution >= 4 is 0 Å². The van der Waals surface area contributed by atoms with Crippen LogP contribution in [0.2, 0.25) is 0 Å². The van der Waals surface area contributed by atoms with E-state index in [4.69, 9.17) is 0 Å². The first-order valence-corrected chi connectivity index (χ1v) is 6.66. The van der Waals surface area contributed by atoms with Crippen LogP contribution in [0.5, 0.6) is 0 Å². The van der Waals surface area contributed by atoms with Crippen molar-refractivity contribution in [3.63, 3.8) is 0 Å². The molecule has 17 heavy (non-hydrogen) atoms. The number of rotatable bonds is 9. The molecule has 0 radical (unpaired) electrons. The zero-order chi connectivity index (χ0) is 13.4. The molecule has 0 amide bonds. The smallest absolute Gasteiger partial charge is 0.0597 e. The molecule has 0 aromatic carbocycles. The second-order valence-electron chi connectivity index (χ2n) is 5.40. The molecule has 0 rings (SSSR count). The zero-order valence-electron chi connectivity index (χ0n) is 12.4. The third kappa shape index (κ3) is 7.71. The summed E-state index contributed by atoms with van der Waals surface area (Å²) in [7, 11) is 4.19. The molecule has 4 nitrogen and oxygen atoms in total. The summed E-state index contributed by atoms with van der Waals surface area (Å²) in [5, 5.41) is 12.8. The van der Waals surface area contributed by atoms with Gasteiger partial charge in [0.1, 0.15) is 0 Å². The van der Waals surface area contributed by atoms with E-state index in [0.29, 0.717) is 12.1 Å². The van der Waals surface area contributed by atoms with Crippen molar-refractivity contribution in [2.24, 2.45) is 0 Å². The minimum Gasteiger partial charge on any atom is -0.395 e. The molecule has 0 bridgehead atoms. The normalized spacial score (nSPS) is 15.9. The van der Waals surface area contributed by atoms with Crippen LogP contribution in [-0.2, 0) is 0 Å². The lowest BCUT2D eigenvalue weighted by atomic mass is 10.2. The van der Waals surface area contributed by atoms with Gasteiger partial charge >= 0.3 is 0 Å². The fraction of sp³-hybridized carbons (Fsp3) is 1.00. The van der Waals surface area contributed by atoms with Gasteiger partial charge in [0.25, 0.3) is 0 Å². The van der Waals surface area contributed by atoms with Crippen LogP contribution in [0.1, 0.15) is 27.7 Å². The minimum atomic E-state index is 0.166. The molecule has 2 unspecified atom stereocenters. The molecule has 0 aliphatic carbocycles. The Hall–Kier alpha value is -0.160. The zero-order valence-corrected chi connectivity index (χ0v) is 12.4. The van der Waals surface area contributed by atoms with Crippen LogP contribution in [0.25, 0.3) is 0 Å². The highest BCUT2D eigenvalue weighted by molar-refractivity contribution is 4.77. The average Bonchev–Trinajstić information content (AvgIpc) is 2.22. The monoisotopic (exact) mass is 245 g/mol. The van der Waals surface area contributed by atoms with Gasteiger partial charge in [-0.15, -0.1) is 0 Å². The predicted molar refractivity (Wildman–Crippen MR) is 74.4 cm³/mol. The third-order valence-corrected chi connectivity index (χ3v) is 2.90. The van der Waals surface area contributed by atoms with Crippen LogP contribution in [0, 0.1) is 0 Å². The lowest BCUT2D eigenvalue weighted by Crippen LogP contribution is -2.50. The largest absolute Gasteiger partial charge is 0.395 e. The summed E-state index contributed by atoms with van der Waals surface area (Å²) in [4.78, 5) is 4.62. The topological polar surface area (TPSA) is 38.7 Å². The predicted octanol–water partition coefficient (Wildman–Crippen LogP) is 0.617. The summed E-state index contributed by atoms with van der Waals surface area (Å²) < 4.78 is 0. The SMILES string of the molecule is CCN(CC(CO)NC(C)C)C(C)CN(C)C. The van der Waals surface area contributed by atoms with E-state index in [1.54, 1.807) is 0 Å². The Labute approximate surface area is 107 Å². The summed E-state index contributed by atoms with van der Waals surface area (Å²) in [6, 6.07) is 1.09. The maximum absolute atomic E-state index is 9.38. The van der Waals surface area contributed by atoms with E-state index in [-0.39, 0.29) is 12.6 Å². The third-order valence-electron chi connectivity index (χ3n) is 2.90. The molecule has 0 saturated carbocycles. The maximum atomic E-state index is 9.38. The van der Waals surface area contributed by atoms with E-state index >= 15 is 0 Å². The van der Waals surface area contributed by atoms with E-state index in [1.165, 1.54) is 0 Å². The van der Waals surface area contributed by atoms with Gasteiger partial charge in [-0.05, 0) is 27.6 Å². The van der Waals surface area contributed by atoms with E-state index in [0.717, 1.165) is 19.6 Å². The highest BCUT2D eigenvalue weighted by atomic mass is 16.3. The van der Waals surface area contributed by atoms with Crippen molar-refractivity contribution < 1.29 is 5.11 Å². The maximum Gasteiger partial charge on any atom is 0.0597 e. The van der Waals surface area contributed by atoms with Gasteiger partial charge in [-0.25, -0.2) is 0 Å². The van der Waals surface area contributed by atoms with Crippen LogP contribution in [0.15, 0.2) is 0 Å². The van der Waals surface area contributed by atoms with Crippen molar-refractivity contribution in [3.05, 3.63) is 0 Å². The molecular weight excluding hydrogens is 214 g/mol. The Kier molecular flexibility index (Phi) is 8.78. The highest BCUT2D eigenvalue weighted by Crippen LogP contribution is 2.02. The summed E-state index contributed by atoms with van der Waals surface area (Å²) >= 11 is 0. The molecule has 0 spiro atoms. The molecule has 0 heterocycles. The van der Waals surface area contributed by atoms with E-state index in [9.17, 15) is 5.11 Å². The summed E-state index contributed by atoms with van der Waals surface area (Å²) in [5.41, 5.74) is 0. The van der Waals surface area contributed by atoms with Crippen molar-refractivity contribution in [1.82, 2.24) is 15.1 Å². The molecule has 2 N–H and O–H groups in total. The summed E-state index contributed by atoms with van der Waals surface area (Å²) in [5.74, 6) is 0. The summed E-state index contributed by atoms with van der Waals surface area (Å²) in [6.07, 6.45) is 0. The number of nitrogens with one attached hydrogen (secondary N) is 1. The van der Waals surface area contributed by atoms with Crippen LogP contribution in [-0.4, -0.2) is 73.4 Å². The van der Waals surface area contributed by atoms with Gasteiger partial charge in [-0.3, -0.25) is 4.90 Å². The van der Waals surface area contributed by atoms with Gasteiger partial charge in [-0.2, -0.15) is 0 Å². The molecule has 0 fully saturated rings. The van der Waals surface area contributed by atoms with Crippen molar-refractivity contribution in [2.45, 2.75) is 45.8 Å². The van der Waals surface area contributed by atoms with Crippen LogP contribution < -0.4 is 5.32 Å². The number of hydrogen-bond acceptors (Lipinski definition) is 4. The Bertz CT molecular complexity index is 186. The Balaban J connectivity index is 4.25. The Morgan fingerprint density at radius 2 is 1.71 bits per heavy atom. The molecule has 0 aliphatic rings. The molecule has 0 aromatic heterocycles. The quantitative estimate of drug-likeness (QED) is 0.624. The standard InChI is InChI=1S/C13H31N3O/c1-7-16(12(4)8-15(5)6)9-13(10-17)14-11(2)3/h11-14,17H,7-10H2,1-6H3. The van der Waals surface area contributed by atoms with Gasteiger partial charge in [0.15, 0.2) is 0 Å². The van der Waals surface area contributed by atoms with Crippen molar-refractivity contribution in [3.8, 4) is 0 Å². The average molecular weight is 245 g/mol. The molecule has 0 aromatic rings. The fourth-order valence-electron chi connectivity index (χ4n) is 2.18. The lowest BCUT2D eigenvalue weighted by molar-refractivity contribution is 0.135. The molecule has 2 atom stereocenters.